The Labute approximate surface area is 217 Å². The lowest BCUT2D eigenvalue weighted by atomic mass is 9.72. The van der Waals surface area contributed by atoms with E-state index in [4.69, 9.17) is 21.1 Å². The van der Waals surface area contributed by atoms with E-state index in [0.717, 1.165) is 30.4 Å². The van der Waals surface area contributed by atoms with Crippen LogP contribution in [0.3, 0.4) is 0 Å². The molecule has 0 N–H and O–H groups in total. The minimum atomic E-state index is -0.378. The highest BCUT2D eigenvalue weighted by Crippen LogP contribution is 2.40. The minimum Gasteiger partial charge on any atom is -0.343 e. The van der Waals surface area contributed by atoms with Crippen molar-refractivity contribution in [3.8, 4) is 0 Å². The van der Waals surface area contributed by atoms with Crippen LogP contribution >= 0.6 is 11.6 Å². The van der Waals surface area contributed by atoms with Crippen molar-refractivity contribution in [3.05, 3.63) is 118 Å². The lowest BCUT2D eigenvalue weighted by molar-refractivity contribution is -0.132. The molecular formula is C30H30ClN3O2. The molecule has 0 saturated carbocycles. The fourth-order valence-electron chi connectivity index (χ4n) is 5.00. The van der Waals surface area contributed by atoms with E-state index in [1.165, 1.54) is 11.1 Å². The fraction of sp³-hybridized carbons (Fsp3) is 0.300. The van der Waals surface area contributed by atoms with Crippen LogP contribution in [0.15, 0.2) is 83.4 Å². The van der Waals surface area contributed by atoms with Crippen molar-refractivity contribution in [2.45, 2.75) is 44.4 Å². The van der Waals surface area contributed by atoms with Crippen molar-refractivity contribution < 1.29 is 9.32 Å². The highest BCUT2D eigenvalue weighted by atomic mass is 35.5. The molecule has 1 fully saturated rings. The third-order valence-electron chi connectivity index (χ3n) is 7.21. The van der Waals surface area contributed by atoms with Gasteiger partial charge in [0.15, 0.2) is 5.82 Å². The quantitative estimate of drug-likeness (QED) is 0.305. The van der Waals surface area contributed by atoms with Gasteiger partial charge >= 0.3 is 0 Å². The number of hydrogen-bond acceptors (Lipinski definition) is 4. The van der Waals surface area contributed by atoms with Gasteiger partial charge in [-0.25, -0.2) is 0 Å². The number of piperidine rings is 1. The Morgan fingerprint density at radius 3 is 2.31 bits per heavy atom. The third kappa shape index (κ3) is 5.36. The van der Waals surface area contributed by atoms with E-state index in [1.807, 2.05) is 47.4 Å². The second kappa shape index (κ2) is 10.7. The number of rotatable bonds is 7. The predicted molar refractivity (Wildman–Crippen MR) is 141 cm³/mol. The molecule has 5 nitrogen and oxygen atoms in total. The Morgan fingerprint density at radius 1 is 0.944 bits per heavy atom. The number of halogens is 1. The van der Waals surface area contributed by atoms with Gasteiger partial charge in [-0.05, 0) is 55.0 Å². The van der Waals surface area contributed by atoms with Crippen LogP contribution in [0.2, 0.25) is 5.02 Å². The highest BCUT2D eigenvalue weighted by Gasteiger charge is 2.42. The standard InChI is InChI=1S/C30H30ClN3O2/c1-22-7-9-23(10-8-22)13-16-28(35)34-19-17-30(18-20-34,25-5-3-2-4-6-25)29-32-27(36-33-29)21-24-11-14-26(31)15-12-24/h2-12,14-15H,13,16-21H2,1H3. The van der Waals surface area contributed by atoms with Gasteiger partial charge in [0.2, 0.25) is 11.8 Å². The molecule has 1 aromatic heterocycles. The Kier molecular flexibility index (Phi) is 7.19. The van der Waals surface area contributed by atoms with Crippen LogP contribution in [0.4, 0.5) is 0 Å². The summed E-state index contributed by atoms with van der Waals surface area (Å²) in [5, 5.41) is 5.14. The van der Waals surface area contributed by atoms with Gasteiger partial charge in [-0.2, -0.15) is 4.98 Å². The number of aromatic nitrogens is 2. The molecule has 184 valence electrons. The van der Waals surface area contributed by atoms with Crippen LogP contribution in [-0.2, 0) is 23.1 Å². The molecule has 5 rings (SSSR count). The topological polar surface area (TPSA) is 59.2 Å². The molecule has 1 amide bonds. The number of carbonyl (C=O) groups excluding carboxylic acids is 1. The van der Waals surface area contributed by atoms with E-state index in [9.17, 15) is 4.79 Å². The van der Waals surface area contributed by atoms with Crippen LogP contribution < -0.4 is 0 Å². The van der Waals surface area contributed by atoms with Gasteiger partial charge in [0.1, 0.15) is 0 Å². The third-order valence-corrected chi connectivity index (χ3v) is 7.46. The number of likely N-dealkylation sites (tertiary alicyclic amines) is 1. The summed E-state index contributed by atoms with van der Waals surface area (Å²) in [6.07, 6.45) is 3.35. The molecule has 0 spiro atoms. The van der Waals surface area contributed by atoms with Crippen molar-refractivity contribution in [2.24, 2.45) is 0 Å². The first-order chi connectivity index (χ1) is 17.5. The van der Waals surface area contributed by atoms with E-state index in [2.05, 4.69) is 48.5 Å². The fourth-order valence-corrected chi connectivity index (χ4v) is 5.12. The van der Waals surface area contributed by atoms with Crippen molar-refractivity contribution >= 4 is 17.5 Å². The number of amides is 1. The summed E-state index contributed by atoms with van der Waals surface area (Å²) in [5.74, 6) is 1.48. The SMILES string of the molecule is Cc1ccc(CCC(=O)N2CCC(c3ccccc3)(c3noc(Cc4ccc(Cl)cc4)n3)CC2)cc1. The van der Waals surface area contributed by atoms with E-state index in [1.54, 1.807) is 0 Å². The van der Waals surface area contributed by atoms with Crippen molar-refractivity contribution in [3.63, 3.8) is 0 Å². The second-order valence-corrected chi connectivity index (χ2v) is 10.1. The summed E-state index contributed by atoms with van der Waals surface area (Å²) in [6, 6.07) is 26.5. The van der Waals surface area contributed by atoms with Gasteiger partial charge in [0.25, 0.3) is 0 Å². The summed E-state index contributed by atoms with van der Waals surface area (Å²) in [7, 11) is 0. The van der Waals surface area contributed by atoms with Crippen LogP contribution in [0.5, 0.6) is 0 Å². The maximum Gasteiger partial charge on any atom is 0.231 e. The number of aryl methyl sites for hydroxylation is 2. The Bertz CT molecular complexity index is 1290. The summed E-state index contributed by atoms with van der Waals surface area (Å²) >= 11 is 6.02. The molecule has 1 saturated heterocycles. The zero-order chi connectivity index (χ0) is 25.0. The average Bonchev–Trinajstić information content (AvgIpc) is 3.39. The molecule has 1 aliphatic heterocycles. The van der Waals surface area contributed by atoms with Gasteiger partial charge in [0.05, 0.1) is 11.8 Å². The van der Waals surface area contributed by atoms with Crippen LogP contribution in [0.1, 0.15) is 53.2 Å². The lowest BCUT2D eigenvalue weighted by Crippen LogP contribution is -2.46. The molecular weight excluding hydrogens is 470 g/mol. The monoisotopic (exact) mass is 499 g/mol. The maximum atomic E-state index is 13.0. The first kappa shape index (κ1) is 24.3. The number of nitrogens with zero attached hydrogens (tertiary/aromatic N) is 3. The van der Waals surface area contributed by atoms with Crippen LogP contribution in [0.25, 0.3) is 0 Å². The number of benzene rings is 3. The summed E-state index contributed by atoms with van der Waals surface area (Å²) in [5.41, 5.74) is 4.28. The van der Waals surface area contributed by atoms with Gasteiger partial charge in [-0.1, -0.05) is 89.1 Å². The second-order valence-electron chi connectivity index (χ2n) is 9.63. The molecule has 0 unspecified atom stereocenters. The molecule has 4 aromatic rings. The summed E-state index contributed by atoms with van der Waals surface area (Å²) in [4.78, 5) is 19.8. The molecule has 6 heteroatoms. The maximum absolute atomic E-state index is 13.0. The summed E-state index contributed by atoms with van der Waals surface area (Å²) < 4.78 is 5.69. The van der Waals surface area contributed by atoms with Crippen LogP contribution in [-0.4, -0.2) is 34.0 Å². The Balaban J connectivity index is 1.30. The van der Waals surface area contributed by atoms with E-state index < -0.39 is 0 Å². The molecule has 1 aliphatic rings. The predicted octanol–water partition coefficient (Wildman–Crippen LogP) is 6.16. The minimum absolute atomic E-state index is 0.203. The lowest BCUT2D eigenvalue weighted by Gasteiger charge is -2.40. The smallest absolute Gasteiger partial charge is 0.231 e. The van der Waals surface area contributed by atoms with Crippen molar-refractivity contribution in [1.29, 1.82) is 0 Å². The molecule has 36 heavy (non-hydrogen) atoms. The van der Waals surface area contributed by atoms with Crippen molar-refractivity contribution in [2.75, 3.05) is 13.1 Å². The Morgan fingerprint density at radius 2 is 1.61 bits per heavy atom. The molecule has 0 bridgehead atoms. The number of hydrogen-bond donors (Lipinski definition) is 0. The molecule has 0 atom stereocenters. The van der Waals surface area contributed by atoms with Crippen molar-refractivity contribution in [1.82, 2.24) is 15.0 Å². The molecule has 0 aliphatic carbocycles. The van der Waals surface area contributed by atoms with E-state index >= 15 is 0 Å². The van der Waals surface area contributed by atoms with Gasteiger partial charge in [-0.3, -0.25) is 4.79 Å². The molecule has 2 heterocycles. The van der Waals surface area contributed by atoms with Crippen LogP contribution in [0, 0.1) is 6.92 Å². The van der Waals surface area contributed by atoms with Gasteiger partial charge in [0, 0.05) is 24.5 Å². The first-order valence-corrected chi connectivity index (χ1v) is 12.9. The van der Waals surface area contributed by atoms with E-state index in [-0.39, 0.29) is 11.3 Å². The Hall–Kier alpha value is -3.44. The highest BCUT2D eigenvalue weighted by molar-refractivity contribution is 6.30. The largest absolute Gasteiger partial charge is 0.343 e. The average molecular weight is 500 g/mol. The van der Waals surface area contributed by atoms with Gasteiger partial charge < -0.3 is 9.42 Å². The van der Waals surface area contributed by atoms with E-state index in [0.29, 0.717) is 42.7 Å². The molecule has 3 aromatic carbocycles. The zero-order valence-electron chi connectivity index (χ0n) is 20.5. The normalized spacial score (nSPS) is 15.1. The number of carbonyl (C=O) groups is 1. The van der Waals surface area contributed by atoms with Gasteiger partial charge in [-0.15, -0.1) is 0 Å². The molecule has 0 radical (unpaired) electrons. The summed E-state index contributed by atoms with van der Waals surface area (Å²) in [6.45, 7) is 3.41. The first-order valence-electron chi connectivity index (χ1n) is 12.5. The zero-order valence-corrected chi connectivity index (χ0v) is 21.2.